The molecule has 8 fully saturated rings. The fourth-order valence-electron chi connectivity index (χ4n) is 19.4. The fourth-order valence-corrected chi connectivity index (χ4v) is 21.7. The Morgan fingerprint density at radius 3 is 1.16 bits per heavy atom. The average Bonchev–Trinajstić information content (AvgIpc) is 1.52. The first-order valence-corrected chi connectivity index (χ1v) is 51.9. The summed E-state index contributed by atoms with van der Waals surface area (Å²) in [6.45, 7) is 20.9. The topological polar surface area (TPSA) is 480 Å². The van der Waals surface area contributed by atoms with E-state index in [0.717, 1.165) is 37.3 Å². The van der Waals surface area contributed by atoms with E-state index in [1.165, 1.54) is 131 Å². The molecule has 8 aliphatic rings. The van der Waals surface area contributed by atoms with Crippen LogP contribution in [0.1, 0.15) is 159 Å². The lowest BCUT2D eigenvalue weighted by atomic mass is 9.90. The number of amides is 12. The van der Waals surface area contributed by atoms with E-state index in [2.05, 4.69) is 62.3 Å². The number of aromatic hydroxyl groups is 2. The molecule has 4 unspecified atom stereocenters. The molecule has 14 rings (SSSR count). The average molecular weight is 2020 g/mol. The van der Waals surface area contributed by atoms with Crippen LogP contribution in [0, 0.1) is 25.7 Å². The summed E-state index contributed by atoms with van der Waals surface area (Å²) in [5, 5.41) is 44.1. The van der Waals surface area contributed by atoms with Crippen LogP contribution in [0.3, 0.4) is 0 Å². The molecule has 16 atom stereocenters. The number of piperidine rings is 2. The van der Waals surface area contributed by atoms with Gasteiger partial charge in [-0.1, -0.05) is 134 Å². The Morgan fingerprint density at radius 1 is 0.458 bits per heavy atom. The number of hydrogen-bond acceptors (Lipinski definition) is 28. The molecule has 772 valence electrons. The van der Waals surface area contributed by atoms with Gasteiger partial charge in [-0.3, -0.25) is 76.9 Å². The third-order valence-electron chi connectivity index (χ3n) is 28.7. The molecule has 144 heavy (non-hydrogen) atoms. The number of aromatic nitrogens is 2. The van der Waals surface area contributed by atoms with Crippen LogP contribution in [-0.4, -0.2) is 354 Å². The van der Waals surface area contributed by atoms with Crippen molar-refractivity contribution >= 4 is 118 Å². The summed E-state index contributed by atoms with van der Waals surface area (Å²) in [4.78, 5) is 262. The quantitative estimate of drug-likeness (QED) is 0.0343. The second-order valence-corrected chi connectivity index (χ2v) is 41.0. The molecule has 6 aromatic rings. The number of rotatable bonds is 22. The number of likely N-dealkylation sites (N-methyl/N-ethyl adjacent to an activating group) is 2. The van der Waals surface area contributed by atoms with Crippen molar-refractivity contribution in [2.24, 2.45) is 11.8 Å². The largest absolute Gasteiger partial charge is 0.505 e. The number of thioether (sulfide) groups is 2. The van der Waals surface area contributed by atoms with Crippen molar-refractivity contribution in [2.45, 2.75) is 203 Å². The smallest absolute Gasteiger partial charge is 0.333 e. The van der Waals surface area contributed by atoms with Crippen molar-refractivity contribution in [1.82, 2.24) is 91.7 Å². The standard InChI is InChI=1S/C100H124N16O20S2.C4H10N2/c1-11-99(7)97(133)113-41-21-27-69(113)91(127)109(9)73(51-63-35-31-59(3)32-36-63)93(129)115-55-67(77(119)53-71(115)85(121)105-81(65-23-15-13-16-24-65)95(131)135-61(5)79(89(125)107-99)103-87(123)83-75(117)29-19-39-101-83)57-137-49-47-111-43-45-112(46-44-111)48-50-138-58-68-56-116-72(54-78(68)120)86(122)106-82(66-25-17-14-18-26-66)96(132)136-62(6)80(104-88(124)84-76(118)30-20-40-102-84)90(126)108-100(8,12-2)98(134)114-42-22-28-70(114)92(128)110(10)74(94(116)130)52-64-37-33-60(4)34-38-64;1-2-6-4-3-5-1/h13-20,23-26,29-40,61-62,67-74,79-82,117-118H,11-12,21-22,27-28,41-58H2,1-10H3,(H,103,123)(H,104,124)(H,105,121)(H,106,122)(H,107,125)(H,108,126);5-6H,1-4H2/t61-,62-,67?,68?,69+,70+,71+,72+,73+,74+,79+,80+,81+,82+,99?,100?;/m1./s1. The molecule has 4 aromatic carbocycles. The molecule has 0 bridgehead atoms. The van der Waals surface area contributed by atoms with Gasteiger partial charge in [-0.05, 0) is 127 Å². The van der Waals surface area contributed by atoms with Crippen molar-refractivity contribution in [3.05, 3.63) is 191 Å². The van der Waals surface area contributed by atoms with Crippen molar-refractivity contribution in [2.75, 3.05) is 129 Å². The predicted molar refractivity (Wildman–Crippen MR) is 537 cm³/mol. The van der Waals surface area contributed by atoms with E-state index in [9.17, 15) is 48.6 Å². The number of piperazine rings is 2. The van der Waals surface area contributed by atoms with E-state index in [0.29, 0.717) is 74.7 Å². The number of aryl methyl sites for hydroxylation is 2. The van der Waals surface area contributed by atoms with E-state index < -0.39 is 214 Å². The molecule has 40 heteroatoms. The number of ether oxygens (including phenoxy) is 2. The molecular weight excluding hydrogens is 1890 g/mol. The monoisotopic (exact) mass is 2020 g/mol. The van der Waals surface area contributed by atoms with Crippen molar-refractivity contribution in [1.29, 1.82) is 0 Å². The van der Waals surface area contributed by atoms with Gasteiger partial charge in [0.1, 0.15) is 94.7 Å². The van der Waals surface area contributed by atoms with E-state index in [-0.39, 0.29) is 98.9 Å². The highest BCUT2D eigenvalue weighted by Gasteiger charge is 2.53. The van der Waals surface area contributed by atoms with Crippen LogP contribution in [0.4, 0.5) is 0 Å². The zero-order chi connectivity index (χ0) is 103. The molecule has 12 amide bonds. The Kier molecular flexibility index (Phi) is 37.4. The summed E-state index contributed by atoms with van der Waals surface area (Å²) in [5.74, 6) is -13.7. The minimum absolute atomic E-state index is 0.0306. The Labute approximate surface area is 847 Å². The Balaban J connectivity index is 0.00000279. The molecule has 8 aliphatic heterocycles. The van der Waals surface area contributed by atoms with Crippen LogP contribution in [0.5, 0.6) is 11.5 Å². The first-order chi connectivity index (χ1) is 69.0. The van der Waals surface area contributed by atoms with Gasteiger partial charge in [0.25, 0.3) is 11.8 Å². The number of nitrogens with zero attached hydrogens (tertiary/aromatic N) is 10. The first-order valence-electron chi connectivity index (χ1n) is 49.6. The van der Waals surface area contributed by atoms with Crippen molar-refractivity contribution < 1.29 is 96.4 Å². The van der Waals surface area contributed by atoms with Crippen LogP contribution < -0.4 is 42.5 Å². The maximum absolute atomic E-state index is 16.1. The van der Waals surface area contributed by atoms with Gasteiger partial charge in [0, 0.05) is 179 Å². The molecule has 0 aliphatic carbocycles. The van der Waals surface area contributed by atoms with Gasteiger partial charge in [0.2, 0.25) is 59.1 Å². The summed E-state index contributed by atoms with van der Waals surface area (Å²) in [7, 11) is 2.94. The third kappa shape index (κ3) is 26.5. The SMILES string of the molecule is C1CNCCN1.CCC1(C)NC(=O)[C@@H](NC(=O)c2ncccc2O)[C@@H](C)OC(=O)[C@H](c2ccccc2)NC(=O)[C@@H]2CC(=O)C(CSCCN3CCN(CCSCC4CN5C(=O)[C@H](Cc6ccc(C)cc6)N(C)C(=O)[C@@H]6CCCN6C(=O)C(C)(CC)NC(=O)[C@@H](NC(=O)c6ncccc6O)[C@@H](C)OC(=O)[C@H](c6ccccc6)NC(=O)[C@@H]5CC4=O)CC3)CN2C(=O)[C@H](Cc2ccc(C)cc2)N(C)C(=O)[C@@H]2CCCN2C1=O. The Morgan fingerprint density at radius 2 is 0.819 bits per heavy atom. The second-order valence-electron chi connectivity index (χ2n) is 38.7. The maximum Gasteiger partial charge on any atom is 0.333 e. The molecule has 8 saturated heterocycles. The predicted octanol–water partition coefficient (Wildman–Crippen LogP) is 3.53. The fraction of sp³-hybridized carbons (Fsp3) is 0.519. The number of hydrogen-bond donors (Lipinski definition) is 10. The van der Waals surface area contributed by atoms with Crippen LogP contribution in [0.2, 0.25) is 0 Å². The number of benzene rings is 4. The summed E-state index contributed by atoms with van der Waals surface area (Å²) >= 11 is 3.01. The van der Waals surface area contributed by atoms with Crippen molar-refractivity contribution in [3.63, 3.8) is 0 Å². The summed E-state index contributed by atoms with van der Waals surface area (Å²) < 4.78 is 12.1. The third-order valence-corrected chi connectivity index (χ3v) is 30.9. The van der Waals surface area contributed by atoms with Gasteiger partial charge >= 0.3 is 11.9 Å². The molecule has 10 N–H and O–H groups in total. The summed E-state index contributed by atoms with van der Waals surface area (Å²) in [6.07, 6.45) is -0.714. The molecule has 10 heterocycles. The van der Waals surface area contributed by atoms with Gasteiger partial charge in [0.05, 0.1) is 0 Å². The summed E-state index contributed by atoms with van der Waals surface area (Å²) in [5.41, 5.74) is -0.880. The number of nitrogens with one attached hydrogen (secondary N) is 8. The van der Waals surface area contributed by atoms with E-state index in [4.69, 9.17) is 9.47 Å². The highest BCUT2D eigenvalue weighted by atomic mass is 32.2. The molecule has 2 aromatic heterocycles. The lowest BCUT2D eigenvalue weighted by Gasteiger charge is -2.42. The zero-order valence-corrected chi connectivity index (χ0v) is 84.9. The Bertz CT molecular complexity index is 5280. The number of carbonyl (C=O) groups excluding carboxylic acids is 16. The molecule has 0 spiro atoms. The highest BCUT2D eigenvalue weighted by molar-refractivity contribution is 7.99. The lowest BCUT2D eigenvalue weighted by molar-refractivity contribution is -0.158. The Hall–Kier alpha value is -12.8. The molecule has 0 saturated carbocycles. The van der Waals surface area contributed by atoms with Gasteiger partial charge in [-0.15, -0.1) is 0 Å². The van der Waals surface area contributed by atoms with Crippen molar-refractivity contribution in [3.8, 4) is 11.5 Å². The number of fused-ring (bicyclic) bond motifs is 4. The van der Waals surface area contributed by atoms with Crippen LogP contribution in [-0.2, 0) is 89.4 Å². The normalized spacial score (nSPS) is 27.4. The van der Waals surface area contributed by atoms with Gasteiger partial charge < -0.3 is 91.6 Å². The maximum atomic E-state index is 16.1. The van der Waals surface area contributed by atoms with E-state index >= 15 is 38.4 Å². The number of cyclic esters (lactones) is 2. The van der Waals surface area contributed by atoms with Crippen LogP contribution >= 0.6 is 23.5 Å². The number of carbonyl (C=O) groups is 16. The number of pyridine rings is 2. The second kappa shape index (κ2) is 49.7. The minimum atomic E-state index is -1.79. The number of esters is 2. The molecular formula is C104H134N18O20S2. The summed E-state index contributed by atoms with van der Waals surface area (Å²) in [6, 6.07) is 21.0. The van der Waals surface area contributed by atoms with E-state index in [1.807, 2.05) is 62.4 Å². The number of ketones is 2. The van der Waals surface area contributed by atoms with Crippen LogP contribution in [0.15, 0.2) is 146 Å². The van der Waals surface area contributed by atoms with Gasteiger partial charge in [-0.2, -0.15) is 23.5 Å². The van der Waals surface area contributed by atoms with Crippen LogP contribution in [0.25, 0.3) is 0 Å². The van der Waals surface area contributed by atoms with E-state index in [1.54, 1.807) is 74.5 Å². The zero-order valence-electron chi connectivity index (χ0n) is 83.3. The molecule has 0 radical (unpaired) electrons. The van der Waals surface area contributed by atoms with Gasteiger partial charge in [0.15, 0.2) is 23.5 Å². The minimum Gasteiger partial charge on any atom is -0.505 e. The lowest BCUT2D eigenvalue weighted by Crippen LogP contribution is -2.65. The van der Waals surface area contributed by atoms with Gasteiger partial charge in [-0.25, -0.2) is 19.6 Å². The molecule has 38 nitrogen and oxygen atoms in total. The first kappa shape index (κ1) is 108. The highest BCUT2D eigenvalue weighted by Crippen LogP contribution is 2.35. The number of Topliss-reactive ketones (excluding diaryl/α,β-unsaturated/α-hetero) is 2.